The fourth-order valence-corrected chi connectivity index (χ4v) is 2.24. The number of nitrogens with zero attached hydrogens (tertiary/aromatic N) is 2. The van der Waals surface area contributed by atoms with Crippen molar-refractivity contribution in [2.24, 2.45) is 0 Å². The van der Waals surface area contributed by atoms with Gasteiger partial charge in [-0.15, -0.1) is 0 Å². The molecule has 0 radical (unpaired) electrons. The summed E-state index contributed by atoms with van der Waals surface area (Å²) in [5.41, 5.74) is 4.98. The first-order valence-corrected chi connectivity index (χ1v) is 7.22. The summed E-state index contributed by atoms with van der Waals surface area (Å²) in [5.74, 6) is 0. The lowest BCUT2D eigenvalue weighted by atomic mass is 10.1. The van der Waals surface area contributed by atoms with Crippen molar-refractivity contribution in [2.75, 3.05) is 18.5 Å². The average molecular weight is 269 g/mol. The van der Waals surface area contributed by atoms with Crippen molar-refractivity contribution in [1.29, 1.82) is 0 Å². The minimum Gasteiger partial charge on any atom is -0.344 e. The maximum Gasteiger partial charge on any atom is 0.0484 e. The monoisotopic (exact) mass is 269 g/mol. The number of hydrogen-bond donors (Lipinski definition) is 1. The SMILES string of the molecule is CCNCc1cnccc1N(C)c1ccc(CC)cc1. The van der Waals surface area contributed by atoms with E-state index in [0.29, 0.717) is 0 Å². The van der Waals surface area contributed by atoms with Crippen molar-refractivity contribution in [3.63, 3.8) is 0 Å². The number of anilines is 2. The summed E-state index contributed by atoms with van der Waals surface area (Å²) in [4.78, 5) is 6.45. The van der Waals surface area contributed by atoms with E-state index in [2.05, 4.69) is 66.4 Å². The van der Waals surface area contributed by atoms with Crippen LogP contribution in [0.2, 0.25) is 0 Å². The molecule has 1 N–H and O–H groups in total. The van der Waals surface area contributed by atoms with E-state index in [4.69, 9.17) is 0 Å². The van der Waals surface area contributed by atoms with E-state index in [9.17, 15) is 0 Å². The lowest BCUT2D eigenvalue weighted by Gasteiger charge is -2.22. The van der Waals surface area contributed by atoms with Crippen LogP contribution in [0, 0.1) is 0 Å². The summed E-state index contributed by atoms with van der Waals surface area (Å²) in [6, 6.07) is 10.8. The van der Waals surface area contributed by atoms with Gasteiger partial charge in [0.15, 0.2) is 0 Å². The summed E-state index contributed by atoms with van der Waals surface area (Å²) >= 11 is 0. The largest absolute Gasteiger partial charge is 0.344 e. The van der Waals surface area contributed by atoms with Crippen LogP contribution in [0.15, 0.2) is 42.7 Å². The van der Waals surface area contributed by atoms with E-state index in [0.717, 1.165) is 19.5 Å². The molecule has 2 aromatic rings. The van der Waals surface area contributed by atoms with Gasteiger partial charge in [-0.3, -0.25) is 4.98 Å². The van der Waals surface area contributed by atoms with E-state index in [1.807, 2.05) is 12.4 Å². The highest BCUT2D eigenvalue weighted by Gasteiger charge is 2.09. The predicted octanol–water partition coefficient (Wildman–Crippen LogP) is 3.52. The normalized spacial score (nSPS) is 10.6. The fourth-order valence-electron chi connectivity index (χ4n) is 2.24. The van der Waals surface area contributed by atoms with Crippen LogP contribution in [-0.2, 0) is 13.0 Å². The molecule has 1 aromatic heterocycles. The summed E-state index contributed by atoms with van der Waals surface area (Å²) < 4.78 is 0. The van der Waals surface area contributed by atoms with E-state index < -0.39 is 0 Å². The highest BCUT2D eigenvalue weighted by atomic mass is 15.1. The van der Waals surface area contributed by atoms with Crippen molar-refractivity contribution in [2.45, 2.75) is 26.8 Å². The Kier molecular flexibility index (Phi) is 5.13. The molecule has 0 saturated heterocycles. The number of benzene rings is 1. The molecule has 0 bridgehead atoms. The van der Waals surface area contributed by atoms with Gasteiger partial charge in [-0.05, 0) is 36.7 Å². The maximum absolute atomic E-state index is 4.24. The molecular weight excluding hydrogens is 246 g/mol. The van der Waals surface area contributed by atoms with Gasteiger partial charge in [-0.1, -0.05) is 26.0 Å². The molecule has 3 nitrogen and oxygen atoms in total. The topological polar surface area (TPSA) is 28.2 Å². The van der Waals surface area contributed by atoms with Crippen molar-refractivity contribution in [3.05, 3.63) is 53.9 Å². The Morgan fingerprint density at radius 1 is 1.10 bits per heavy atom. The van der Waals surface area contributed by atoms with E-state index in [1.165, 1.54) is 22.5 Å². The zero-order chi connectivity index (χ0) is 14.4. The Morgan fingerprint density at radius 3 is 2.50 bits per heavy atom. The first-order chi connectivity index (χ1) is 9.76. The molecule has 0 atom stereocenters. The minimum atomic E-state index is 0.844. The maximum atomic E-state index is 4.24. The van der Waals surface area contributed by atoms with E-state index in [1.54, 1.807) is 0 Å². The van der Waals surface area contributed by atoms with Crippen LogP contribution in [0.4, 0.5) is 11.4 Å². The molecule has 0 aliphatic rings. The Balaban J connectivity index is 2.24. The zero-order valence-electron chi connectivity index (χ0n) is 12.6. The summed E-state index contributed by atoms with van der Waals surface area (Å²) in [6.45, 7) is 6.10. The van der Waals surface area contributed by atoms with Gasteiger partial charge in [0.05, 0.1) is 0 Å². The molecule has 0 fully saturated rings. The van der Waals surface area contributed by atoms with E-state index >= 15 is 0 Å². The van der Waals surface area contributed by atoms with Crippen LogP contribution >= 0.6 is 0 Å². The highest BCUT2D eigenvalue weighted by molar-refractivity contribution is 5.65. The smallest absolute Gasteiger partial charge is 0.0484 e. The fraction of sp³-hybridized carbons (Fsp3) is 0.353. The predicted molar refractivity (Wildman–Crippen MR) is 85.5 cm³/mol. The molecule has 0 aliphatic carbocycles. The summed E-state index contributed by atoms with van der Waals surface area (Å²) in [6.07, 6.45) is 4.86. The van der Waals surface area contributed by atoms with Gasteiger partial charge < -0.3 is 10.2 Å². The Bertz CT molecular complexity index is 534. The molecule has 0 unspecified atom stereocenters. The van der Waals surface area contributed by atoms with Gasteiger partial charge in [0.1, 0.15) is 0 Å². The second-order valence-electron chi connectivity index (χ2n) is 4.86. The summed E-state index contributed by atoms with van der Waals surface area (Å²) in [7, 11) is 2.10. The van der Waals surface area contributed by atoms with Crippen molar-refractivity contribution in [3.8, 4) is 0 Å². The molecule has 0 amide bonds. The molecular formula is C17H23N3. The molecule has 0 spiro atoms. The van der Waals surface area contributed by atoms with Crippen LogP contribution in [0.1, 0.15) is 25.0 Å². The van der Waals surface area contributed by atoms with Crippen molar-refractivity contribution in [1.82, 2.24) is 10.3 Å². The number of rotatable bonds is 6. The lowest BCUT2D eigenvalue weighted by Crippen LogP contribution is -2.17. The minimum absolute atomic E-state index is 0.844. The molecule has 20 heavy (non-hydrogen) atoms. The molecule has 106 valence electrons. The molecule has 1 heterocycles. The zero-order valence-corrected chi connectivity index (χ0v) is 12.6. The van der Waals surface area contributed by atoms with Crippen LogP contribution in [-0.4, -0.2) is 18.6 Å². The van der Waals surface area contributed by atoms with Crippen molar-refractivity contribution >= 4 is 11.4 Å². The van der Waals surface area contributed by atoms with Gasteiger partial charge in [0.25, 0.3) is 0 Å². The summed E-state index contributed by atoms with van der Waals surface area (Å²) in [5, 5.41) is 3.36. The second-order valence-corrected chi connectivity index (χ2v) is 4.86. The lowest BCUT2D eigenvalue weighted by molar-refractivity contribution is 0.724. The van der Waals surface area contributed by atoms with Gasteiger partial charge in [0.2, 0.25) is 0 Å². The molecule has 3 heteroatoms. The third-order valence-corrected chi connectivity index (χ3v) is 3.54. The second kappa shape index (κ2) is 7.06. The molecule has 1 aromatic carbocycles. The van der Waals surface area contributed by atoms with Crippen molar-refractivity contribution < 1.29 is 0 Å². The standard InChI is InChI=1S/C17H23N3/c1-4-14-6-8-16(9-7-14)20(3)17-10-11-19-13-15(17)12-18-5-2/h6-11,13,18H,4-5,12H2,1-3H3. The first-order valence-electron chi connectivity index (χ1n) is 7.22. The molecule has 0 aliphatic heterocycles. The van der Waals surface area contributed by atoms with Crippen LogP contribution in [0.5, 0.6) is 0 Å². The average Bonchev–Trinajstić information content (AvgIpc) is 2.52. The first kappa shape index (κ1) is 14.5. The van der Waals surface area contributed by atoms with Gasteiger partial charge >= 0.3 is 0 Å². The van der Waals surface area contributed by atoms with Gasteiger partial charge in [0, 0.05) is 42.9 Å². The number of aryl methyl sites for hydroxylation is 1. The van der Waals surface area contributed by atoms with E-state index in [-0.39, 0.29) is 0 Å². The van der Waals surface area contributed by atoms with Crippen LogP contribution < -0.4 is 10.2 Å². The number of hydrogen-bond acceptors (Lipinski definition) is 3. The Morgan fingerprint density at radius 2 is 1.85 bits per heavy atom. The Labute approximate surface area is 121 Å². The van der Waals surface area contributed by atoms with Crippen LogP contribution in [0.3, 0.4) is 0 Å². The molecule has 0 saturated carbocycles. The number of pyridine rings is 1. The third-order valence-electron chi connectivity index (χ3n) is 3.54. The van der Waals surface area contributed by atoms with Gasteiger partial charge in [-0.25, -0.2) is 0 Å². The highest BCUT2D eigenvalue weighted by Crippen LogP contribution is 2.26. The number of aromatic nitrogens is 1. The molecule has 2 rings (SSSR count). The third kappa shape index (κ3) is 3.36. The van der Waals surface area contributed by atoms with Crippen LogP contribution in [0.25, 0.3) is 0 Å². The van der Waals surface area contributed by atoms with Gasteiger partial charge in [-0.2, -0.15) is 0 Å². The Hall–Kier alpha value is -1.87. The quantitative estimate of drug-likeness (QED) is 0.869. The number of nitrogens with one attached hydrogen (secondary N) is 1.